The summed E-state index contributed by atoms with van der Waals surface area (Å²) in [6, 6.07) is 28.6. The quantitative estimate of drug-likeness (QED) is 0.167. The molecule has 3 nitrogen and oxygen atoms in total. The summed E-state index contributed by atoms with van der Waals surface area (Å²) in [6.45, 7) is 7.81. The number of rotatable bonds is 8. The third-order valence-electron chi connectivity index (χ3n) is 5.97. The first kappa shape index (κ1) is 26.9. The molecule has 188 valence electrons. The predicted octanol–water partition coefficient (Wildman–Crippen LogP) is 7.82. The van der Waals surface area contributed by atoms with Gasteiger partial charge in [0, 0.05) is 33.3 Å². The minimum Gasteiger partial charge on any atom is -0.446 e. The SMILES string of the molecule is Cc1ccc(SCCSC2=NC(C(OC(=O)C(C)(C)C)(c3ccccc3)c3ccccc3)CS2)cc1. The second-order valence-electron chi connectivity index (χ2n) is 9.84. The third kappa shape index (κ3) is 6.39. The van der Waals surface area contributed by atoms with Crippen LogP contribution in [0.25, 0.3) is 0 Å². The minimum absolute atomic E-state index is 0.217. The van der Waals surface area contributed by atoms with Crippen LogP contribution < -0.4 is 0 Å². The number of aliphatic imine (C=N–C) groups is 1. The largest absolute Gasteiger partial charge is 0.446 e. The van der Waals surface area contributed by atoms with Gasteiger partial charge in [-0.05, 0) is 39.8 Å². The van der Waals surface area contributed by atoms with Gasteiger partial charge < -0.3 is 4.74 Å². The first-order valence-corrected chi connectivity index (χ1v) is 15.1. The molecule has 0 aliphatic carbocycles. The summed E-state index contributed by atoms with van der Waals surface area (Å²) in [5.41, 5.74) is 1.56. The Morgan fingerprint density at radius 3 is 2.00 bits per heavy atom. The summed E-state index contributed by atoms with van der Waals surface area (Å²) in [5, 5.41) is 0. The monoisotopic (exact) mass is 535 g/mol. The Morgan fingerprint density at radius 2 is 1.44 bits per heavy atom. The molecule has 0 radical (unpaired) electrons. The highest BCUT2D eigenvalue weighted by Gasteiger charge is 2.49. The molecule has 0 saturated carbocycles. The van der Waals surface area contributed by atoms with Gasteiger partial charge in [-0.1, -0.05) is 102 Å². The van der Waals surface area contributed by atoms with E-state index in [1.807, 2.05) is 93.2 Å². The van der Waals surface area contributed by atoms with Gasteiger partial charge in [-0.2, -0.15) is 0 Å². The number of carbonyl (C=O) groups excluding carboxylic acids is 1. The van der Waals surface area contributed by atoms with Crippen LogP contribution in [-0.2, 0) is 15.1 Å². The average molecular weight is 536 g/mol. The van der Waals surface area contributed by atoms with Crippen molar-refractivity contribution in [3.63, 3.8) is 0 Å². The third-order valence-corrected chi connectivity index (χ3v) is 9.54. The number of hydrogen-bond acceptors (Lipinski definition) is 6. The van der Waals surface area contributed by atoms with Crippen LogP contribution in [-0.4, -0.2) is 33.6 Å². The van der Waals surface area contributed by atoms with Crippen molar-refractivity contribution in [1.82, 2.24) is 0 Å². The number of benzene rings is 3. The van der Waals surface area contributed by atoms with Gasteiger partial charge in [0.25, 0.3) is 0 Å². The Hall–Kier alpha value is -2.15. The summed E-state index contributed by atoms with van der Waals surface area (Å²) in [5.74, 6) is 2.52. The molecule has 0 fully saturated rings. The van der Waals surface area contributed by atoms with Gasteiger partial charge in [0.05, 0.1) is 5.41 Å². The van der Waals surface area contributed by atoms with Gasteiger partial charge in [0.1, 0.15) is 10.4 Å². The maximum absolute atomic E-state index is 13.3. The van der Waals surface area contributed by atoms with E-state index in [2.05, 4.69) is 31.2 Å². The van der Waals surface area contributed by atoms with Crippen molar-refractivity contribution in [1.29, 1.82) is 0 Å². The maximum Gasteiger partial charge on any atom is 0.312 e. The topological polar surface area (TPSA) is 38.7 Å². The van der Waals surface area contributed by atoms with E-state index in [4.69, 9.17) is 9.73 Å². The molecule has 1 aliphatic rings. The van der Waals surface area contributed by atoms with E-state index >= 15 is 0 Å². The highest BCUT2D eigenvalue weighted by atomic mass is 32.2. The van der Waals surface area contributed by atoms with E-state index < -0.39 is 11.0 Å². The summed E-state index contributed by atoms with van der Waals surface area (Å²) >= 11 is 5.42. The van der Waals surface area contributed by atoms with Crippen LogP contribution in [0.1, 0.15) is 37.5 Å². The predicted molar refractivity (Wildman–Crippen MR) is 157 cm³/mol. The fourth-order valence-corrected chi connectivity index (χ4v) is 7.18. The lowest BCUT2D eigenvalue weighted by molar-refractivity contribution is -0.168. The summed E-state index contributed by atoms with van der Waals surface area (Å²) in [6.07, 6.45) is 0. The number of nitrogens with zero attached hydrogens (tertiary/aromatic N) is 1. The lowest BCUT2D eigenvalue weighted by Gasteiger charge is -2.39. The Bertz CT molecular complexity index is 1130. The molecule has 1 unspecified atom stereocenters. The van der Waals surface area contributed by atoms with Crippen molar-refractivity contribution in [2.24, 2.45) is 10.4 Å². The molecule has 1 aliphatic heterocycles. The number of thioether (sulfide) groups is 3. The van der Waals surface area contributed by atoms with Crippen molar-refractivity contribution in [2.75, 3.05) is 17.3 Å². The van der Waals surface area contributed by atoms with Crippen molar-refractivity contribution in [3.8, 4) is 0 Å². The number of carbonyl (C=O) groups is 1. The van der Waals surface area contributed by atoms with E-state index in [-0.39, 0.29) is 12.0 Å². The first-order valence-electron chi connectivity index (χ1n) is 12.2. The second-order valence-corrected chi connectivity index (χ2v) is 13.4. The van der Waals surface area contributed by atoms with E-state index in [1.54, 1.807) is 23.5 Å². The summed E-state index contributed by atoms with van der Waals surface area (Å²) < 4.78 is 7.59. The molecule has 0 amide bonds. The van der Waals surface area contributed by atoms with Crippen LogP contribution in [0, 0.1) is 12.3 Å². The van der Waals surface area contributed by atoms with E-state index in [9.17, 15) is 4.79 Å². The first-order chi connectivity index (χ1) is 17.3. The van der Waals surface area contributed by atoms with E-state index in [1.165, 1.54) is 10.5 Å². The lowest BCUT2D eigenvalue weighted by Crippen LogP contribution is -2.46. The van der Waals surface area contributed by atoms with E-state index in [0.717, 1.165) is 32.8 Å². The van der Waals surface area contributed by atoms with Gasteiger partial charge >= 0.3 is 5.97 Å². The molecule has 0 bridgehead atoms. The molecule has 0 aromatic heterocycles. The summed E-state index contributed by atoms with van der Waals surface area (Å²) in [7, 11) is 0. The minimum atomic E-state index is -0.987. The Morgan fingerprint density at radius 1 is 0.889 bits per heavy atom. The number of ether oxygens (including phenoxy) is 1. The van der Waals surface area contributed by atoms with Crippen LogP contribution in [0.2, 0.25) is 0 Å². The van der Waals surface area contributed by atoms with Crippen molar-refractivity contribution in [3.05, 3.63) is 102 Å². The Labute approximate surface area is 227 Å². The van der Waals surface area contributed by atoms with Crippen molar-refractivity contribution in [2.45, 2.75) is 44.2 Å². The highest BCUT2D eigenvalue weighted by Crippen LogP contribution is 2.45. The van der Waals surface area contributed by atoms with Crippen LogP contribution in [0.4, 0.5) is 0 Å². The van der Waals surface area contributed by atoms with E-state index in [0.29, 0.717) is 0 Å². The molecule has 6 heteroatoms. The number of hydrogen-bond donors (Lipinski definition) is 0. The number of esters is 1. The van der Waals surface area contributed by atoms with Crippen LogP contribution in [0.15, 0.2) is 94.8 Å². The average Bonchev–Trinajstić information content (AvgIpc) is 3.36. The molecular weight excluding hydrogens is 503 g/mol. The normalized spacial score (nSPS) is 16.0. The zero-order chi connectivity index (χ0) is 25.6. The fourth-order valence-electron chi connectivity index (χ4n) is 3.97. The Balaban J connectivity index is 1.59. The standard InChI is InChI=1S/C30H33NO2S3/c1-22-15-17-25(18-16-22)34-19-20-35-28-31-26(21-36-28)30(23-11-7-5-8-12-23,24-13-9-6-10-14-24)33-27(32)29(2,3)4/h5-18,26H,19-21H2,1-4H3. The maximum atomic E-state index is 13.3. The smallest absolute Gasteiger partial charge is 0.312 e. The van der Waals surface area contributed by atoms with Crippen LogP contribution in [0.5, 0.6) is 0 Å². The Kier molecular flexibility index (Phi) is 8.91. The van der Waals surface area contributed by atoms with Gasteiger partial charge in [0.15, 0.2) is 5.60 Å². The molecule has 0 N–H and O–H groups in total. The molecule has 3 aromatic rings. The second kappa shape index (κ2) is 11.9. The van der Waals surface area contributed by atoms with Gasteiger partial charge in [-0.3, -0.25) is 9.79 Å². The molecule has 1 heterocycles. The zero-order valence-corrected chi connectivity index (χ0v) is 23.7. The van der Waals surface area contributed by atoms with Crippen LogP contribution >= 0.6 is 35.3 Å². The van der Waals surface area contributed by atoms with Gasteiger partial charge in [0.2, 0.25) is 0 Å². The van der Waals surface area contributed by atoms with Gasteiger partial charge in [-0.25, -0.2) is 0 Å². The highest BCUT2D eigenvalue weighted by molar-refractivity contribution is 8.39. The van der Waals surface area contributed by atoms with Crippen LogP contribution in [0.3, 0.4) is 0 Å². The molecule has 0 saturated heterocycles. The van der Waals surface area contributed by atoms with Crippen molar-refractivity contribution < 1.29 is 9.53 Å². The summed E-state index contributed by atoms with van der Waals surface area (Å²) in [4.78, 5) is 19.8. The molecule has 3 aromatic carbocycles. The molecular formula is C30H33NO2S3. The zero-order valence-electron chi connectivity index (χ0n) is 21.3. The molecule has 0 spiro atoms. The molecule has 1 atom stereocenters. The van der Waals surface area contributed by atoms with Gasteiger partial charge in [-0.15, -0.1) is 11.8 Å². The van der Waals surface area contributed by atoms with Crippen molar-refractivity contribution >= 4 is 45.6 Å². The molecule has 4 rings (SSSR count). The lowest BCUT2D eigenvalue weighted by atomic mass is 9.80. The fraction of sp³-hybridized carbons (Fsp3) is 0.333. The molecule has 36 heavy (non-hydrogen) atoms. The number of aryl methyl sites for hydroxylation is 1.